The van der Waals surface area contributed by atoms with Crippen molar-refractivity contribution in [3.05, 3.63) is 35.4 Å². The fourth-order valence-electron chi connectivity index (χ4n) is 1.35. The zero-order valence-electron chi connectivity index (χ0n) is 10.1. The maximum atomic E-state index is 11.6. The molecule has 0 radical (unpaired) electrons. The van der Waals surface area contributed by atoms with Gasteiger partial charge in [0.1, 0.15) is 0 Å². The van der Waals surface area contributed by atoms with Crippen molar-refractivity contribution in [3.8, 4) is 11.8 Å². The van der Waals surface area contributed by atoms with Crippen molar-refractivity contribution in [1.82, 2.24) is 4.90 Å². The van der Waals surface area contributed by atoms with E-state index < -0.39 is 0 Å². The summed E-state index contributed by atoms with van der Waals surface area (Å²) >= 11 is 0. The lowest BCUT2D eigenvalue weighted by atomic mass is 10.1. The lowest BCUT2D eigenvalue weighted by Gasteiger charge is -2.14. The second-order valence-corrected chi connectivity index (χ2v) is 3.59. The van der Waals surface area contributed by atoms with E-state index in [4.69, 9.17) is 0 Å². The first kappa shape index (κ1) is 12.3. The number of hydrogen-bond acceptors (Lipinski definition) is 1. The molecule has 16 heavy (non-hydrogen) atoms. The molecular formula is C14H17NO. The third-order valence-electron chi connectivity index (χ3n) is 2.42. The highest BCUT2D eigenvalue weighted by atomic mass is 16.2. The van der Waals surface area contributed by atoms with Crippen molar-refractivity contribution < 1.29 is 4.79 Å². The number of rotatable bonds is 2. The molecule has 0 aromatic heterocycles. The molecule has 0 heterocycles. The summed E-state index contributed by atoms with van der Waals surface area (Å²) in [6.07, 6.45) is 0. The second kappa shape index (κ2) is 5.97. The summed E-state index contributed by atoms with van der Waals surface area (Å²) in [5.74, 6) is 5.43. The van der Waals surface area contributed by atoms with Crippen LogP contribution in [0.1, 0.15) is 25.0 Å². The average molecular weight is 215 g/mol. The summed E-state index contributed by atoms with van der Waals surface area (Å²) in [6, 6.07) is 7.84. The highest BCUT2D eigenvalue weighted by molar-refractivity contribution is 5.94. The van der Waals surface area contributed by atoms with Gasteiger partial charge in [0.2, 0.25) is 0 Å². The van der Waals surface area contributed by atoms with Gasteiger partial charge in [-0.15, -0.1) is 0 Å². The summed E-state index contributed by atoms with van der Waals surface area (Å²) in [7, 11) is 0. The molecule has 1 amide bonds. The smallest absolute Gasteiger partial charge is 0.298 e. The minimum absolute atomic E-state index is 0.106. The van der Waals surface area contributed by atoms with Crippen LogP contribution in [0.2, 0.25) is 0 Å². The van der Waals surface area contributed by atoms with Crippen LogP contribution in [0.3, 0.4) is 0 Å². The first-order chi connectivity index (χ1) is 7.67. The Morgan fingerprint density at radius 3 is 2.25 bits per heavy atom. The molecule has 1 aromatic rings. The van der Waals surface area contributed by atoms with Crippen molar-refractivity contribution in [2.45, 2.75) is 20.8 Å². The van der Waals surface area contributed by atoms with E-state index in [1.54, 1.807) is 4.90 Å². The van der Waals surface area contributed by atoms with Crippen LogP contribution >= 0.6 is 0 Å². The van der Waals surface area contributed by atoms with Gasteiger partial charge < -0.3 is 4.90 Å². The van der Waals surface area contributed by atoms with Crippen LogP contribution in [0.4, 0.5) is 0 Å². The number of hydrogen-bond donors (Lipinski definition) is 0. The predicted octanol–water partition coefficient (Wildman–Crippen LogP) is 2.21. The Bertz CT molecular complexity index is 405. The number of carbonyl (C=O) groups excluding carboxylic acids is 1. The molecule has 0 bridgehead atoms. The third kappa shape index (κ3) is 3.43. The van der Waals surface area contributed by atoms with Gasteiger partial charge in [-0.3, -0.25) is 4.79 Å². The molecule has 0 aliphatic rings. The average Bonchev–Trinajstić information content (AvgIpc) is 2.30. The highest BCUT2D eigenvalue weighted by Crippen LogP contribution is 2.01. The molecule has 0 spiro atoms. The van der Waals surface area contributed by atoms with Crippen molar-refractivity contribution in [1.29, 1.82) is 0 Å². The summed E-state index contributed by atoms with van der Waals surface area (Å²) in [6.45, 7) is 7.35. The molecule has 84 valence electrons. The van der Waals surface area contributed by atoms with E-state index in [2.05, 4.69) is 11.8 Å². The van der Waals surface area contributed by atoms with Gasteiger partial charge in [-0.2, -0.15) is 0 Å². The minimum Gasteiger partial charge on any atom is -0.332 e. The van der Waals surface area contributed by atoms with Gasteiger partial charge in [0.05, 0.1) is 0 Å². The van der Waals surface area contributed by atoms with Crippen LogP contribution in [0.25, 0.3) is 0 Å². The Morgan fingerprint density at radius 2 is 1.75 bits per heavy atom. The molecular weight excluding hydrogens is 198 g/mol. The quantitative estimate of drug-likeness (QED) is 0.693. The van der Waals surface area contributed by atoms with E-state index in [-0.39, 0.29) is 5.91 Å². The van der Waals surface area contributed by atoms with Gasteiger partial charge in [-0.25, -0.2) is 0 Å². The molecule has 0 unspecified atom stereocenters. The lowest BCUT2D eigenvalue weighted by molar-refractivity contribution is -0.124. The van der Waals surface area contributed by atoms with Crippen molar-refractivity contribution in [3.63, 3.8) is 0 Å². The first-order valence-corrected chi connectivity index (χ1v) is 5.55. The Morgan fingerprint density at radius 1 is 1.19 bits per heavy atom. The molecule has 0 N–H and O–H groups in total. The molecule has 2 nitrogen and oxygen atoms in total. The maximum Gasteiger partial charge on any atom is 0.298 e. The molecule has 0 saturated heterocycles. The molecule has 1 aromatic carbocycles. The van der Waals surface area contributed by atoms with E-state index in [9.17, 15) is 4.79 Å². The van der Waals surface area contributed by atoms with Crippen molar-refractivity contribution in [2.24, 2.45) is 0 Å². The number of benzene rings is 1. The molecule has 0 atom stereocenters. The number of nitrogens with zero attached hydrogens (tertiary/aromatic N) is 1. The predicted molar refractivity (Wildman–Crippen MR) is 66.0 cm³/mol. The highest BCUT2D eigenvalue weighted by Gasteiger charge is 2.04. The topological polar surface area (TPSA) is 20.3 Å². The van der Waals surface area contributed by atoms with Crippen LogP contribution in [-0.2, 0) is 4.79 Å². The maximum absolute atomic E-state index is 11.6. The zero-order valence-corrected chi connectivity index (χ0v) is 10.1. The van der Waals surface area contributed by atoms with Crippen molar-refractivity contribution in [2.75, 3.05) is 13.1 Å². The SMILES string of the molecule is CCN(CC)C(=O)C#Cc1ccc(C)cc1. The van der Waals surface area contributed by atoms with Crippen LogP contribution in [0.15, 0.2) is 24.3 Å². The van der Waals surface area contributed by atoms with Crippen LogP contribution in [0, 0.1) is 18.8 Å². The van der Waals surface area contributed by atoms with Gasteiger partial charge >= 0.3 is 0 Å². The van der Waals surface area contributed by atoms with E-state index in [1.807, 2.05) is 45.0 Å². The van der Waals surface area contributed by atoms with E-state index >= 15 is 0 Å². The summed E-state index contributed by atoms with van der Waals surface area (Å²) in [5, 5.41) is 0. The van der Waals surface area contributed by atoms with Gasteiger partial charge in [-0.1, -0.05) is 23.6 Å². The fraction of sp³-hybridized carbons (Fsp3) is 0.357. The monoisotopic (exact) mass is 215 g/mol. The van der Waals surface area contributed by atoms with E-state index in [1.165, 1.54) is 5.56 Å². The van der Waals surface area contributed by atoms with Crippen molar-refractivity contribution >= 4 is 5.91 Å². The van der Waals surface area contributed by atoms with Gasteiger partial charge in [-0.05, 0) is 32.9 Å². The summed E-state index contributed by atoms with van der Waals surface area (Å²) in [4.78, 5) is 13.3. The number of aryl methyl sites for hydroxylation is 1. The first-order valence-electron chi connectivity index (χ1n) is 5.55. The largest absolute Gasteiger partial charge is 0.332 e. The van der Waals surface area contributed by atoms with E-state index in [0.717, 1.165) is 5.56 Å². The lowest BCUT2D eigenvalue weighted by Crippen LogP contribution is -2.29. The third-order valence-corrected chi connectivity index (χ3v) is 2.42. The molecule has 0 aliphatic carbocycles. The van der Waals surface area contributed by atoms with E-state index in [0.29, 0.717) is 13.1 Å². The Hall–Kier alpha value is -1.75. The Labute approximate surface area is 97.3 Å². The number of amides is 1. The molecule has 0 aliphatic heterocycles. The Balaban J connectivity index is 2.74. The molecule has 0 fully saturated rings. The van der Waals surface area contributed by atoms with Gasteiger partial charge in [0.15, 0.2) is 0 Å². The fourth-order valence-corrected chi connectivity index (χ4v) is 1.35. The van der Waals surface area contributed by atoms with Crippen LogP contribution < -0.4 is 0 Å². The van der Waals surface area contributed by atoms with Crippen LogP contribution in [0.5, 0.6) is 0 Å². The Kier molecular flexibility index (Phi) is 4.60. The zero-order chi connectivity index (χ0) is 12.0. The normalized spacial score (nSPS) is 9.19. The van der Waals surface area contributed by atoms with Gasteiger partial charge in [0.25, 0.3) is 5.91 Å². The summed E-state index contributed by atoms with van der Waals surface area (Å²) < 4.78 is 0. The molecule has 0 saturated carbocycles. The second-order valence-electron chi connectivity index (χ2n) is 3.59. The number of carbonyl (C=O) groups is 1. The van der Waals surface area contributed by atoms with Gasteiger partial charge in [0, 0.05) is 24.6 Å². The molecule has 1 rings (SSSR count). The standard InChI is InChI=1S/C14H17NO/c1-4-15(5-2)14(16)11-10-13-8-6-12(3)7-9-13/h6-9H,4-5H2,1-3H3. The minimum atomic E-state index is -0.106. The van der Waals surface area contributed by atoms with Crippen LogP contribution in [-0.4, -0.2) is 23.9 Å². The summed E-state index contributed by atoms with van der Waals surface area (Å²) in [5.41, 5.74) is 2.08. The molecule has 2 heteroatoms.